The molecule has 156 valence electrons. The number of nitrogens with zero attached hydrogens (tertiary/aromatic N) is 1. The number of aliphatic carboxylic acids is 1. The molecule has 0 aromatic heterocycles. The van der Waals surface area contributed by atoms with Crippen molar-refractivity contribution < 1.29 is 28.3 Å². The van der Waals surface area contributed by atoms with Gasteiger partial charge in [-0.25, -0.2) is 0 Å². The maximum Gasteiger partial charge on any atom is 0.387 e. The van der Waals surface area contributed by atoms with E-state index in [4.69, 9.17) is 11.6 Å². The summed E-state index contributed by atoms with van der Waals surface area (Å²) in [6.45, 7) is -1.55. The van der Waals surface area contributed by atoms with Crippen molar-refractivity contribution in [2.45, 2.75) is 26.0 Å². The molecule has 0 saturated carbocycles. The SMILES string of the molecule is CC[C@@H](C(=O)O)C(Nc1cc(Br)ccc1[N+](=O)[O-])c1cc(Cl)ccc1OC(F)F. The fraction of sp³-hybridized carbons (Fsp3) is 0.278. The Morgan fingerprint density at radius 3 is 2.59 bits per heavy atom. The number of anilines is 1. The van der Waals surface area contributed by atoms with E-state index in [0.29, 0.717) is 4.47 Å². The molecule has 0 fully saturated rings. The van der Waals surface area contributed by atoms with Crippen molar-refractivity contribution in [3.8, 4) is 5.75 Å². The van der Waals surface area contributed by atoms with E-state index in [0.717, 1.165) is 0 Å². The van der Waals surface area contributed by atoms with Crippen LogP contribution in [0.3, 0.4) is 0 Å². The lowest BCUT2D eigenvalue weighted by molar-refractivity contribution is -0.384. The van der Waals surface area contributed by atoms with Crippen LogP contribution < -0.4 is 10.1 Å². The molecule has 0 heterocycles. The number of nitro groups is 1. The van der Waals surface area contributed by atoms with Gasteiger partial charge in [0.05, 0.1) is 16.9 Å². The number of hydrogen-bond donors (Lipinski definition) is 2. The highest BCUT2D eigenvalue weighted by Gasteiger charge is 2.32. The average molecular weight is 494 g/mol. The van der Waals surface area contributed by atoms with Gasteiger partial charge in [0.25, 0.3) is 5.69 Å². The van der Waals surface area contributed by atoms with Gasteiger partial charge in [-0.3, -0.25) is 14.9 Å². The first-order valence-electron chi connectivity index (χ1n) is 8.31. The number of ether oxygens (including phenoxy) is 1. The summed E-state index contributed by atoms with van der Waals surface area (Å²) in [4.78, 5) is 22.6. The summed E-state index contributed by atoms with van der Waals surface area (Å²) in [6, 6.07) is 6.77. The number of carboxylic acids is 1. The third-order valence-corrected chi connectivity index (χ3v) is 4.88. The van der Waals surface area contributed by atoms with Gasteiger partial charge in [-0.15, -0.1) is 0 Å². The van der Waals surface area contributed by atoms with Crippen LogP contribution in [0.2, 0.25) is 5.02 Å². The minimum atomic E-state index is -3.15. The van der Waals surface area contributed by atoms with Crippen molar-refractivity contribution >= 4 is 44.9 Å². The Labute approximate surface area is 177 Å². The zero-order valence-corrected chi connectivity index (χ0v) is 17.3. The fourth-order valence-corrected chi connectivity index (χ4v) is 3.41. The fourth-order valence-electron chi connectivity index (χ4n) is 2.86. The molecule has 0 bridgehead atoms. The highest BCUT2D eigenvalue weighted by Crippen LogP contribution is 2.39. The first-order chi connectivity index (χ1) is 13.6. The van der Waals surface area contributed by atoms with Gasteiger partial charge in [-0.1, -0.05) is 34.5 Å². The lowest BCUT2D eigenvalue weighted by Gasteiger charge is -2.27. The number of nitrogens with one attached hydrogen (secondary N) is 1. The first-order valence-corrected chi connectivity index (χ1v) is 9.48. The second-order valence-electron chi connectivity index (χ2n) is 5.95. The number of carboxylic acid groups (broad SMARTS) is 1. The van der Waals surface area contributed by atoms with Crippen LogP contribution in [0.15, 0.2) is 40.9 Å². The number of alkyl halides is 2. The van der Waals surface area contributed by atoms with Crippen LogP contribution in [-0.2, 0) is 4.79 Å². The monoisotopic (exact) mass is 492 g/mol. The summed E-state index contributed by atoms with van der Waals surface area (Å²) in [5, 5.41) is 24.0. The standard InChI is InChI=1S/C18H16BrClF2N2O5/c1-2-11(17(25)26)16(12-8-10(20)4-6-15(12)29-18(21)22)23-13-7-9(19)3-5-14(13)24(27)28/h3-8,11,16,18,23H,2H2,1H3,(H,25,26)/t11-,16?/m1/s1. The predicted octanol–water partition coefficient (Wildman–Crippen LogP) is 5.88. The number of rotatable bonds is 9. The second kappa shape index (κ2) is 9.84. The molecule has 11 heteroatoms. The molecular formula is C18H16BrClF2N2O5. The van der Waals surface area contributed by atoms with E-state index in [2.05, 4.69) is 26.0 Å². The van der Waals surface area contributed by atoms with Crippen molar-refractivity contribution in [1.82, 2.24) is 0 Å². The second-order valence-corrected chi connectivity index (χ2v) is 7.31. The zero-order chi connectivity index (χ0) is 21.7. The van der Waals surface area contributed by atoms with Crippen molar-refractivity contribution in [3.63, 3.8) is 0 Å². The van der Waals surface area contributed by atoms with E-state index in [1.54, 1.807) is 6.92 Å². The third-order valence-electron chi connectivity index (χ3n) is 4.15. The predicted molar refractivity (Wildman–Crippen MR) is 107 cm³/mol. The Balaban J connectivity index is 2.64. The molecule has 0 aliphatic carbocycles. The Hall–Kier alpha value is -2.46. The smallest absolute Gasteiger partial charge is 0.387 e. The molecule has 2 aromatic rings. The van der Waals surface area contributed by atoms with E-state index in [1.807, 2.05) is 0 Å². The molecule has 2 rings (SSSR count). The number of halogens is 4. The van der Waals surface area contributed by atoms with Crippen LogP contribution in [0, 0.1) is 16.0 Å². The van der Waals surface area contributed by atoms with Crippen LogP contribution in [-0.4, -0.2) is 22.6 Å². The molecule has 2 atom stereocenters. The van der Waals surface area contributed by atoms with E-state index in [1.165, 1.54) is 36.4 Å². The summed E-state index contributed by atoms with van der Waals surface area (Å²) in [5.74, 6) is -2.61. The number of nitro benzene ring substituents is 1. The Kier molecular flexibility index (Phi) is 7.74. The van der Waals surface area contributed by atoms with Gasteiger partial charge in [-0.05, 0) is 36.8 Å². The summed E-state index contributed by atoms with van der Waals surface area (Å²) in [6.07, 6.45) is 0.107. The minimum absolute atomic E-state index is 0.0112. The van der Waals surface area contributed by atoms with Crippen LogP contribution in [0.5, 0.6) is 5.75 Å². The van der Waals surface area contributed by atoms with Gasteiger partial charge < -0.3 is 15.2 Å². The van der Waals surface area contributed by atoms with E-state index in [-0.39, 0.29) is 34.1 Å². The Morgan fingerprint density at radius 2 is 2.03 bits per heavy atom. The molecule has 0 aliphatic rings. The normalized spacial score (nSPS) is 13.0. The quantitative estimate of drug-likeness (QED) is 0.334. The maximum absolute atomic E-state index is 12.9. The lowest BCUT2D eigenvalue weighted by atomic mass is 9.90. The van der Waals surface area contributed by atoms with Gasteiger partial charge >= 0.3 is 12.6 Å². The molecule has 0 spiro atoms. The Morgan fingerprint density at radius 1 is 1.34 bits per heavy atom. The zero-order valence-electron chi connectivity index (χ0n) is 14.9. The highest BCUT2D eigenvalue weighted by atomic mass is 79.9. The molecule has 0 radical (unpaired) electrons. The topological polar surface area (TPSA) is 102 Å². The molecule has 1 unspecified atom stereocenters. The summed E-state index contributed by atoms with van der Waals surface area (Å²) in [7, 11) is 0. The minimum Gasteiger partial charge on any atom is -0.481 e. The van der Waals surface area contributed by atoms with Gasteiger partial charge in [0, 0.05) is 21.1 Å². The lowest BCUT2D eigenvalue weighted by Crippen LogP contribution is -2.28. The van der Waals surface area contributed by atoms with Crippen LogP contribution in [0.1, 0.15) is 24.9 Å². The highest BCUT2D eigenvalue weighted by molar-refractivity contribution is 9.10. The van der Waals surface area contributed by atoms with Crippen LogP contribution in [0.4, 0.5) is 20.2 Å². The molecular weight excluding hydrogens is 478 g/mol. The molecule has 2 aromatic carbocycles. The largest absolute Gasteiger partial charge is 0.481 e. The van der Waals surface area contributed by atoms with E-state index in [9.17, 15) is 28.8 Å². The summed E-state index contributed by atoms with van der Waals surface area (Å²) < 4.78 is 30.8. The van der Waals surface area contributed by atoms with E-state index < -0.39 is 29.5 Å². The number of benzene rings is 2. The number of hydrogen-bond acceptors (Lipinski definition) is 5. The molecule has 0 aliphatic heterocycles. The van der Waals surface area contributed by atoms with Gasteiger partial charge in [0.2, 0.25) is 0 Å². The average Bonchev–Trinajstić information content (AvgIpc) is 2.62. The molecule has 0 amide bonds. The summed E-state index contributed by atoms with van der Waals surface area (Å²) in [5.41, 5.74) is -0.254. The van der Waals surface area contributed by atoms with Gasteiger partial charge in [-0.2, -0.15) is 8.78 Å². The molecule has 29 heavy (non-hydrogen) atoms. The third kappa shape index (κ3) is 5.77. The molecule has 7 nitrogen and oxygen atoms in total. The Bertz CT molecular complexity index is 916. The van der Waals surface area contributed by atoms with Crippen molar-refractivity contribution in [1.29, 1.82) is 0 Å². The van der Waals surface area contributed by atoms with Crippen molar-refractivity contribution in [2.24, 2.45) is 5.92 Å². The van der Waals surface area contributed by atoms with E-state index >= 15 is 0 Å². The van der Waals surface area contributed by atoms with Crippen LogP contribution in [0.25, 0.3) is 0 Å². The first kappa shape index (κ1) is 22.8. The molecule has 0 saturated heterocycles. The molecule has 2 N–H and O–H groups in total. The van der Waals surface area contributed by atoms with Gasteiger partial charge in [0.15, 0.2) is 0 Å². The van der Waals surface area contributed by atoms with Crippen LogP contribution >= 0.6 is 27.5 Å². The number of carbonyl (C=O) groups is 1. The van der Waals surface area contributed by atoms with Crippen molar-refractivity contribution in [2.75, 3.05) is 5.32 Å². The summed E-state index contributed by atoms with van der Waals surface area (Å²) >= 11 is 9.21. The van der Waals surface area contributed by atoms with Gasteiger partial charge in [0.1, 0.15) is 11.4 Å². The maximum atomic E-state index is 12.9. The van der Waals surface area contributed by atoms with Crippen molar-refractivity contribution in [3.05, 3.63) is 61.6 Å².